The molecule has 0 radical (unpaired) electrons. The minimum Gasteiger partial charge on any atom is -0.348 e. The first-order valence-corrected chi connectivity index (χ1v) is 5.18. The van der Waals surface area contributed by atoms with Crippen LogP contribution in [0.2, 0.25) is 0 Å². The zero-order valence-corrected chi connectivity index (χ0v) is 9.42. The fourth-order valence-electron chi connectivity index (χ4n) is 1.94. The Labute approximate surface area is 86.0 Å². The number of carbonyl (C=O) groups excluding carboxylic acids is 1. The van der Waals surface area contributed by atoms with Gasteiger partial charge in [-0.3, -0.25) is 9.69 Å². The van der Waals surface area contributed by atoms with E-state index in [1.807, 2.05) is 0 Å². The standard InChI is InChI=1S/C10H21N3O/c1-4-5-10(11)7-13(8-10)6-9(14)12(2)3/h4-8,11H2,1-3H3. The summed E-state index contributed by atoms with van der Waals surface area (Å²) in [5.41, 5.74) is 6.06. The van der Waals surface area contributed by atoms with Crippen LogP contribution in [0.1, 0.15) is 19.8 Å². The summed E-state index contributed by atoms with van der Waals surface area (Å²) in [5.74, 6) is 0.156. The first kappa shape index (κ1) is 11.5. The van der Waals surface area contributed by atoms with E-state index in [1.54, 1.807) is 19.0 Å². The number of hydrogen-bond acceptors (Lipinski definition) is 3. The smallest absolute Gasteiger partial charge is 0.236 e. The number of likely N-dealkylation sites (N-methyl/N-ethyl adjacent to an activating group) is 1. The van der Waals surface area contributed by atoms with E-state index in [4.69, 9.17) is 5.73 Å². The zero-order chi connectivity index (χ0) is 10.8. The van der Waals surface area contributed by atoms with Crippen LogP contribution in [-0.4, -0.2) is 55.0 Å². The van der Waals surface area contributed by atoms with Crippen LogP contribution >= 0.6 is 0 Å². The van der Waals surface area contributed by atoms with Crippen molar-refractivity contribution in [3.8, 4) is 0 Å². The summed E-state index contributed by atoms with van der Waals surface area (Å²) in [4.78, 5) is 15.1. The average Bonchev–Trinajstić information content (AvgIpc) is 2.01. The maximum absolute atomic E-state index is 11.4. The van der Waals surface area contributed by atoms with Gasteiger partial charge in [0.1, 0.15) is 0 Å². The number of nitrogens with zero attached hydrogens (tertiary/aromatic N) is 2. The molecule has 1 rings (SSSR count). The van der Waals surface area contributed by atoms with Crippen LogP contribution in [0.5, 0.6) is 0 Å². The maximum Gasteiger partial charge on any atom is 0.236 e. The van der Waals surface area contributed by atoms with Crippen LogP contribution in [0.3, 0.4) is 0 Å². The molecule has 0 spiro atoms. The Balaban J connectivity index is 2.24. The van der Waals surface area contributed by atoms with Crippen molar-refractivity contribution in [3.05, 3.63) is 0 Å². The summed E-state index contributed by atoms with van der Waals surface area (Å²) in [6, 6.07) is 0. The highest BCUT2D eigenvalue weighted by atomic mass is 16.2. The Kier molecular flexibility index (Phi) is 3.50. The van der Waals surface area contributed by atoms with Crippen LogP contribution in [0.25, 0.3) is 0 Å². The molecule has 0 saturated carbocycles. The van der Waals surface area contributed by atoms with Crippen molar-refractivity contribution in [2.75, 3.05) is 33.7 Å². The molecular formula is C10H21N3O. The Morgan fingerprint density at radius 2 is 2.07 bits per heavy atom. The molecule has 0 bridgehead atoms. The normalized spacial score (nSPS) is 20.3. The maximum atomic E-state index is 11.4. The number of rotatable bonds is 4. The third kappa shape index (κ3) is 2.69. The van der Waals surface area contributed by atoms with Gasteiger partial charge in [-0.1, -0.05) is 13.3 Å². The molecule has 0 aromatic heterocycles. The van der Waals surface area contributed by atoms with Gasteiger partial charge in [0.15, 0.2) is 0 Å². The molecule has 0 aromatic carbocycles. The monoisotopic (exact) mass is 199 g/mol. The van der Waals surface area contributed by atoms with Crippen molar-refractivity contribution in [2.45, 2.75) is 25.3 Å². The molecule has 4 nitrogen and oxygen atoms in total. The predicted molar refractivity (Wildman–Crippen MR) is 57.0 cm³/mol. The topological polar surface area (TPSA) is 49.6 Å². The molecule has 82 valence electrons. The minimum absolute atomic E-state index is 0.0264. The summed E-state index contributed by atoms with van der Waals surface area (Å²) in [7, 11) is 3.56. The van der Waals surface area contributed by atoms with E-state index in [1.165, 1.54) is 0 Å². The summed E-state index contributed by atoms with van der Waals surface area (Å²) >= 11 is 0. The van der Waals surface area contributed by atoms with E-state index < -0.39 is 0 Å². The third-order valence-corrected chi connectivity index (χ3v) is 2.68. The number of carbonyl (C=O) groups is 1. The van der Waals surface area contributed by atoms with E-state index in [9.17, 15) is 4.79 Å². The van der Waals surface area contributed by atoms with Crippen LogP contribution in [0.15, 0.2) is 0 Å². The van der Waals surface area contributed by atoms with Gasteiger partial charge in [0.05, 0.1) is 6.54 Å². The molecule has 1 fully saturated rings. The predicted octanol–water partition coefficient (Wildman–Crippen LogP) is -0.112. The quantitative estimate of drug-likeness (QED) is 0.687. The minimum atomic E-state index is -0.0264. The van der Waals surface area contributed by atoms with E-state index in [0.29, 0.717) is 6.54 Å². The molecule has 1 aliphatic rings. The zero-order valence-electron chi connectivity index (χ0n) is 9.42. The van der Waals surface area contributed by atoms with E-state index >= 15 is 0 Å². The molecule has 0 atom stereocenters. The van der Waals surface area contributed by atoms with E-state index in [2.05, 4.69) is 11.8 Å². The Bertz CT molecular complexity index is 209. The molecule has 0 aromatic rings. The van der Waals surface area contributed by atoms with Gasteiger partial charge in [0.2, 0.25) is 5.91 Å². The largest absolute Gasteiger partial charge is 0.348 e. The number of nitrogens with two attached hydrogens (primary N) is 1. The van der Waals surface area contributed by atoms with Crippen molar-refractivity contribution in [1.82, 2.24) is 9.80 Å². The number of hydrogen-bond donors (Lipinski definition) is 1. The third-order valence-electron chi connectivity index (χ3n) is 2.68. The molecule has 2 N–H and O–H groups in total. The summed E-state index contributed by atoms with van der Waals surface area (Å²) in [5, 5.41) is 0. The van der Waals surface area contributed by atoms with Gasteiger partial charge in [-0.25, -0.2) is 0 Å². The van der Waals surface area contributed by atoms with Gasteiger partial charge in [-0.05, 0) is 6.42 Å². The summed E-state index contributed by atoms with van der Waals surface area (Å²) < 4.78 is 0. The van der Waals surface area contributed by atoms with Gasteiger partial charge < -0.3 is 10.6 Å². The van der Waals surface area contributed by atoms with Crippen molar-refractivity contribution in [3.63, 3.8) is 0 Å². The summed E-state index contributed by atoms with van der Waals surface area (Å²) in [6.45, 7) is 4.37. The lowest BCUT2D eigenvalue weighted by Gasteiger charge is -2.47. The van der Waals surface area contributed by atoms with E-state index in [0.717, 1.165) is 25.9 Å². The second-order valence-corrected chi connectivity index (χ2v) is 4.55. The van der Waals surface area contributed by atoms with Crippen molar-refractivity contribution < 1.29 is 4.79 Å². The number of likely N-dealkylation sites (tertiary alicyclic amines) is 1. The lowest BCUT2D eigenvalue weighted by Crippen LogP contribution is -2.68. The Morgan fingerprint density at radius 3 is 2.50 bits per heavy atom. The molecule has 1 amide bonds. The fraction of sp³-hybridized carbons (Fsp3) is 0.900. The van der Waals surface area contributed by atoms with Gasteiger partial charge in [0, 0.05) is 32.7 Å². The average molecular weight is 199 g/mol. The van der Waals surface area contributed by atoms with Crippen LogP contribution in [0.4, 0.5) is 0 Å². The van der Waals surface area contributed by atoms with Gasteiger partial charge in [0.25, 0.3) is 0 Å². The second-order valence-electron chi connectivity index (χ2n) is 4.55. The molecule has 0 aliphatic carbocycles. The molecule has 14 heavy (non-hydrogen) atoms. The van der Waals surface area contributed by atoms with Crippen molar-refractivity contribution in [2.24, 2.45) is 5.73 Å². The molecule has 1 aliphatic heterocycles. The highest BCUT2D eigenvalue weighted by Crippen LogP contribution is 2.22. The first-order valence-electron chi connectivity index (χ1n) is 5.18. The van der Waals surface area contributed by atoms with Gasteiger partial charge in [-0.15, -0.1) is 0 Å². The molecule has 1 saturated heterocycles. The van der Waals surface area contributed by atoms with Gasteiger partial charge in [-0.2, -0.15) is 0 Å². The van der Waals surface area contributed by atoms with Crippen LogP contribution in [0, 0.1) is 0 Å². The molecule has 4 heteroatoms. The molecular weight excluding hydrogens is 178 g/mol. The van der Waals surface area contributed by atoms with Crippen molar-refractivity contribution in [1.29, 1.82) is 0 Å². The van der Waals surface area contributed by atoms with Gasteiger partial charge >= 0.3 is 0 Å². The molecule has 0 unspecified atom stereocenters. The fourth-order valence-corrected chi connectivity index (χ4v) is 1.94. The van der Waals surface area contributed by atoms with Crippen LogP contribution < -0.4 is 5.73 Å². The first-order chi connectivity index (χ1) is 6.47. The van der Waals surface area contributed by atoms with E-state index in [-0.39, 0.29) is 11.4 Å². The highest BCUT2D eigenvalue weighted by Gasteiger charge is 2.38. The summed E-state index contributed by atoms with van der Waals surface area (Å²) in [6.07, 6.45) is 2.17. The Hall–Kier alpha value is -0.610. The second kappa shape index (κ2) is 4.28. The lowest BCUT2D eigenvalue weighted by atomic mass is 9.86. The molecule has 1 heterocycles. The van der Waals surface area contributed by atoms with Crippen molar-refractivity contribution >= 4 is 5.91 Å². The van der Waals surface area contributed by atoms with Crippen LogP contribution in [-0.2, 0) is 4.79 Å². The number of amides is 1. The Morgan fingerprint density at radius 1 is 1.50 bits per heavy atom. The SMILES string of the molecule is CCCC1(N)CN(CC(=O)N(C)C)C1. The highest BCUT2D eigenvalue weighted by molar-refractivity contribution is 5.77. The lowest BCUT2D eigenvalue weighted by molar-refractivity contribution is -0.131.